The van der Waals surface area contributed by atoms with Crippen LogP contribution >= 0.6 is 12.2 Å². The summed E-state index contributed by atoms with van der Waals surface area (Å²) in [5.74, 6) is -0.0281. The number of allylic oxidation sites excluding steroid dienone is 1. The Morgan fingerprint density at radius 2 is 1.90 bits per heavy atom. The molecule has 0 saturated carbocycles. The Kier molecular flexibility index (Phi) is 7.21. The van der Waals surface area contributed by atoms with Gasteiger partial charge in [-0.05, 0) is 99.4 Å². The smallest absolute Gasteiger partial charge is 0.226 e. The summed E-state index contributed by atoms with van der Waals surface area (Å²) in [6.07, 6.45) is 4.46. The molecule has 2 aliphatic rings. The second-order valence-electron chi connectivity index (χ2n) is 11.3. The first-order valence-corrected chi connectivity index (χ1v) is 13.9. The number of aromatic nitrogens is 1. The minimum Gasteiger partial charge on any atom is -0.366 e. The van der Waals surface area contributed by atoms with Gasteiger partial charge in [0.25, 0.3) is 0 Å². The summed E-state index contributed by atoms with van der Waals surface area (Å²) in [7, 11) is 2.14. The number of nitrogens with one attached hydrogen (secondary N) is 2. The van der Waals surface area contributed by atoms with Crippen LogP contribution in [0.3, 0.4) is 0 Å². The molecule has 0 bridgehead atoms. The largest absolute Gasteiger partial charge is 0.366 e. The Hall–Kier alpha value is -3.71. The molecule has 3 heterocycles. The summed E-state index contributed by atoms with van der Waals surface area (Å²) in [6.45, 7) is 11.2. The standard InChI is InChI=1S/C32H37N5OS/c1-20-10-11-21(2)26(17-20)34-28(38)14-16-37-30(29(35-31(37)39)25-9-7-8-15-33-25)23-12-13-27-24(18-23)22(3)19-32(4,5)36(27)6/h7-13,15,17-19,29-30H,14,16H2,1-6H3,(H,34,38)(H,35,39)/t29-,30+/m1/s1. The fourth-order valence-corrected chi connectivity index (χ4v) is 6.01. The van der Waals surface area contributed by atoms with Gasteiger partial charge in [0.05, 0.1) is 23.3 Å². The number of rotatable bonds is 6. The van der Waals surface area contributed by atoms with E-state index >= 15 is 0 Å². The highest BCUT2D eigenvalue weighted by Gasteiger charge is 2.40. The molecule has 3 aromatic rings. The summed E-state index contributed by atoms with van der Waals surface area (Å²) in [5, 5.41) is 7.24. The molecule has 0 unspecified atom stereocenters. The molecule has 0 spiro atoms. The zero-order chi connectivity index (χ0) is 27.9. The van der Waals surface area contributed by atoms with E-state index < -0.39 is 0 Å². The molecule has 1 amide bonds. The number of benzene rings is 2. The lowest BCUT2D eigenvalue weighted by atomic mass is 9.86. The van der Waals surface area contributed by atoms with E-state index in [1.165, 1.54) is 16.8 Å². The first-order valence-electron chi connectivity index (χ1n) is 13.5. The molecule has 1 saturated heterocycles. The number of thiocarbonyl (C=S) groups is 1. The number of hydrogen-bond donors (Lipinski definition) is 2. The highest BCUT2D eigenvalue weighted by molar-refractivity contribution is 7.80. The van der Waals surface area contributed by atoms with Crippen molar-refractivity contribution >= 4 is 40.2 Å². The van der Waals surface area contributed by atoms with E-state index in [1.54, 1.807) is 0 Å². The van der Waals surface area contributed by atoms with Crippen molar-refractivity contribution in [3.63, 3.8) is 0 Å². The van der Waals surface area contributed by atoms with Gasteiger partial charge in [0.1, 0.15) is 0 Å². The van der Waals surface area contributed by atoms with Crippen LogP contribution in [0.5, 0.6) is 0 Å². The minimum absolute atomic E-state index is 0.0281. The molecule has 202 valence electrons. The van der Waals surface area contributed by atoms with Crippen LogP contribution in [-0.2, 0) is 4.79 Å². The van der Waals surface area contributed by atoms with Crippen molar-refractivity contribution in [2.24, 2.45) is 0 Å². The average Bonchev–Trinajstić information content (AvgIpc) is 3.24. The highest BCUT2D eigenvalue weighted by atomic mass is 32.1. The predicted octanol–water partition coefficient (Wildman–Crippen LogP) is 6.33. The first-order chi connectivity index (χ1) is 18.5. The van der Waals surface area contributed by atoms with E-state index in [-0.39, 0.29) is 23.5 Å². The average molecular weight is 540 g/mol. The normalized spacial score (nSPS) is 19.8. The molecule has 2 atom stereocenters. The highest BCUT2D eigenvalue weighted by Crippen LogP contribution is 2.43. The number of amides is 1. The third-order valence-electron chi connectivity index (χ3n) is 8.03. The van der Waals surface area contributed by atoms with E-state index in [0.717, 1.165) is 28.1 Å². The Bertz CT molecular complexity index is 1450. The molecule has 39 heavy (non-hydrogen) atoms. The summed E-state index contributed by atoms with van der Waals surface area (Å²) < 4.78 is 0. The van der Waals surface area contributed by atoms with Crippen molar-refractivity contribution in [2.45, 2.75) is 58.7 Å². The van der Waals surface area contributed by atoms with Gasteiger partial charge in [0.2, 0.25) is 5.91 Å². The van der Waals surface area contributed by atoms with Crippen molar-refractivity contribution in [3.05, 3.63) is 94.8 Å². The van der Waals surface area contributed by atoms with Crippen molar-refractivity contribution in [1.82, 2.24) is 15.2 Å². The quantitative estimate of drug-likeness (QED) is 0.357. The van der Waals surface area contributed by atoms with Gasteiger partial charge in [-0.1, -0.05) is 30.3 Å². The second kappa shape index (κ2) is 10.5. The van der Waals surface area contributed by atoms with E-state index in [1.807, 2.05) is 50.4 Å². The maximum atomic E-state index is 13.0. The number of nitrogens with zero attached hydrogens (tertiary/aromatic N) is 3. The van der Waals surface area contributed by atoms with Crippen LogP contribution in [-0.4, -0.2) is 40.0 Å². The molecular weight excluding hydrogens is 502 g/mol. The van der Waals surface area contributed by atoms with Crippen LogP contribution in [0.1, 0.15) is 67.2 Å². The lowest BCUT2D eigenvalue weighted by Crippen LogP contribution is -2.42. The third kappa shape index (κ3) is 5.28. The summed E-state index contributed by atoms with van der Waals surface area (Å²) in [5.41, 5.74) is 8.73. The van der Waals surface area contributed by atoms with Crippen molar-refractivity contribution < 1.29 is 4.79 Å². The number of carbonyl (C=O) groups excluding carboxylic acids is 1. The van der Waals surface area contributed by atoms with E-state index in [2.05, 4.69) is 83.6 Å². The Morgan fingerprint density at radius 1 is 1.10 bits per heavy atom. The van der Waals surface area contributed by atoms with Crippen LogP contribution in [0.15, 0.2) is 66.9 Å². The van der Waals surface area contributed by atoms with Crippen molar-refractivity contribution in [3.8, 4) is 0 Å². The number of fused-ring (bicyclic) bond motifs is 1. The SMILES string of the molecule is CC1=CC(C)(C)N(C)c2ccc([C@H]3[C@@H](c4ccccn4)NC(=S)N3CCC(=O)Nc3cc(C)ccc3C)cc21. The Morgan fingerprint density at radius 3 is 2.64 bits per heavy atom. The second-order valence-corrected chi connectivity index (χ2v) is 11.6. The maximum absolute atomic E-state index is 13.0. The number of anilines is 2. The van der Waals surface area contributed by atoms with Crippen molar-refractivity contribution in [2.75, 3.05) is 23.8 Å². The van der Waals surface area contributed by atoms with Crippen LogP contribution < -0.4 is 15.5 Å². The Labute approximate surface area is 237 Å². The van der Waals surface area contributed by atoms with Crippen molar-refractivity contribution in [1.29, 1.82) is 0 Å². The van der Waals surface area contributed by atoms with E-state index in [4.69, 9.17) is 12.2 Å². The van der Waals surface area contributed by atoms with Crippen LogP contribution in [0.4, 0.5) is 11.4 Å². The molecule has 0 aliphatic carbocycles. The molecule has 1 fully saturated rings. The topological polar surface area (TPSA) is 60.5 Å². The summed E-state index contributed by atoms with van der Waals surface area (Å²) in [4.78, 5) is 22.2. The zero-order valence-corrected chi connectivity index (χ0v) is 24.4. The van der Waals surface area contributed by atoms with Gasteiger partial charge in [-0.3, -0.25) is 9.78 Å². The van der Waals surface area contributed by atoms with E-state index in [0.29, 0.717) is 18.1 Å². The van der Waals surface area contributed by atoms with Gasteiger partial charge in [-0.2, -0.15) is 0 Å². The van der Waals surface area contributed by atoms with E-state index in [9.17, 15) is 4.79 Å². The monoisotopic (exact) mass is 539 g/mol. The van der Waals surface area contributed by atoms with Gasteiger partial charge in [-0.15, -0.1) is 0 Å². The number of pyridine rings is 1. The molecule has 2 N–H and O–H groups in total. The van der Waals surface area contributed by atoms with Crippen LogP contribution in [0.25, 0.3) is 5.57 Å². The number of aryl methyl sites for hydroxylation is 2. The number of carbonyl (C=O) groups is 1. The molecule has 1 aromatic heterocycles. The third-order valence-corrected chi connectivity index (χ3v) is 8.38. The molecule has 5 rings (SSSR count). The molecule has 7 heteroatoms. The lowest BCUT2D eigenvalue weighted by molar-refractivity contribution is -0.116. The molecule has 2 aliphatic heterocycles. The zero-order valence-electron chi connectivity index (χ0n) is 23.6. The number of hydrogen-bond acceptors (Lipinski definition) is 4. The summed E-state index contributed by atoms with van der Waals surface area (Å²) in [6, 6.07) is 18.5. The van der Waals surface area contributed by atoms with Gasteiger partial charge >= 0.3 is 0 Å². The predicted molar refractivity (Wildman–Crippen MR) is 164 cm³/mol. The van der Waals surface area contributed by atoms with Crippen LogP contribution in [0.2, 0.25) is 0 Å². The Balaban J connectivity index is 1.45. The molecule has 6 nitrogen and oxygen atoms in total. The minimum atomic E-state index is -0.124. The summed E-state index contributed by atoms with van der Waals surface area (Å²) >= 11 is 5.84. The molecule has 2 aromatic carbocycles. The number of likely N-dealkylation sites (N-methyl/N-ethyl adjacent to an activating group) is 1. The van der Waals surface area contributed by atoms with Gasteiger partial charge in [0, 0.05) is 43.1 Å². The maximum Gasteiger partial charge on any atom is 0.226 e. The fourth-order valence-electron chi connectivity index (χ4n) is 5.68. The van der Waals surface area contributed by atoms with Gasteiger partial charge in [-0.25, -0.2) is 0 Å². The lowest BCUT2D eigenvalue weighted by Gasteiger charge is -2.41. The van der Waals surface area contributed by atoms with Gasteiger partial charge < -0.3 is 20.4 Å². The molecular formula is C32H37N5OS. The molecule has 0 radical (unpaired) electrons. The van der Waals surface area contributed by atoms with Crippen LogP contribution in [0, 0.1) is 13.8 Å². The first kappa shape index (κ1) is 26.9. The van der Waals surface area contributed by atoms with Gasteiger partial charge in [0.15, 0.2) is 5.11 Å². The fraction of sp³-hybridized carbons (Fsp3) is 0.344.